The average molecular weight is 657 g/mol. The van der Waals surface area contributed by atoms with Gasteiger partial charge in [0.1, 0.15) is 0 Å². The Morgan fingerprint density at radius 2 is 0.840 bits per heavy atom. The molecule has 2 unspecified atom stereocenters. The summed E-state index contributed by atoms with van der Waals surface area (Å²) < 4.78 is 0. The third kappa shape index (κ3) is 31.6. The van der Waals surface area contributed by atoms with Crippen LogP contribution in [0.15, 0.2) is 0 Å². The third-order valence-corrected chi connectivity index (χ3v) is 4.93. The van der Waals surface area contributed by atoms with E-state index in [1.807, 2.05) is 0 Å². The van der Waals surface area contributed by atoms with Crippen molar-refractivity contribution in [3.05, 3.63) is 28.2 Å². The molecule has 0 aromatic carbocycles. The first-order valence-corrected chi connectivity index (χ1v) is 13.6. The number of nitrogens with zero attached hydrogens (tertiary/aromatic N) is 2. The fourth-order valence-electron chi connectivity index (χ4n) is 1.67. The number of rotatable bonds is 12. The van der Waals surface area contributed by atoms with Crippen molar-refractivity contribution in [3.8, 4) is 0 Å². The Kier molecular flexibility index (Phi) is 44.3. The van der Waals surface area contributed by atoms with Gasteiger partial charge in [-0.2, -0.15) is 0 Å². The molecule has 2 nitrogen and oxygen atoms in total. The molecule has 0 saturated heterocycles. The van der Waals surface area contributed by atoms with Crippen LogP contribution in [-0.4, -0.2) is 85.4 Å². The zero-order valence-corrected chi connectivity index (χ0v) is 23.1. The van der Waals surface area contributed by atoms with Crippen molar-refractivity contribution in [1.82, 2.24) is 9.80 Å². The van der Waals surface area contributed by atoms with Gasteiger partial charge < -0.3 is 28.2 Å². The molecule has 0 rings (SSSR count). The average Bonchev–Trinajstić information content (AvgIpc) is 2.39. The fourth-order valence-corrected chi connectivity index (χ4v) is 4.55. The molecule has 2 atom stereocenters. The number of alkyl halides is 4. The minimum Gasteiger partial charge on any atom is -0.358 e. The maximum Gasteiger partial charge on any atom is 0.0351 e. The van der Waals surface area contributed by atoms with Crippen LogP contribution in [0.4, 0.5) is 0 Å². The Hall–Kier alpha value is 2.68. The van der Waals surface area contributed by atoms with Crippen molar-refractivity contribution in [1.29, 1.82) is 0 Å². The molecule has 9 heteroatoms. The van der Waals surface area contributed by atoms with E-state index in [9.17, 15) is 0 Å². The Labute approximate surface area is 197 Å². The van der Waals surface area contributed by atoms with E-state index in [0.29, 0.717) is 23.5 Å². The van der Waals surface area contributed by atoms with Gasteiger partial charge in [0.2, 0.25) is 0 Å². The third-order valence-electron chi connectivity index (χ3n) is 2.49. The van der Waals surface area contributed by atoms with Gasteiger partial charge in [-0.3, -0.25) is 25.6 Å². The molecule has 0 N–H and O–H groups in total. The first-order chi connectivity index (χ1) is 10.4. The molecule has 0 heterocycles. The molecule has 25 heavy (non-hydrogen) atoms. The molecule has 0 bridgehead atoms. The first kappa shape index (κ1) is 38.3. The van der Waals surface area contributed by atoms with Gasteiger partial charge in [0.15, 0.2) is 0 Å². The van der Waals surface area contributed by atoms with Crippen molar-refractivity contribution >= 4 is 62.2 Å². The normalized spacial score (nSPS) is 12.2. The van der Waals surface area contributed by atoms with Gasteiger partial charge >= 0.3 is 0 Å². The Balaban J connectivity index is -0.0000000952. The predicted molar refractivity (Wildman–Crippen MR) is 125 cm³/mol. The summed E-state index contributed by atoms with van der Waals surface area (Å²) in [5.74, 6) is 2.72. The molecule has 0 fully saturated rings. The van der Waals surface area contributed by atoms with E-state index in [2.05, 4.69) is 36.5 Å². The first-order valence-electron chi connectivity index (χ1n) is 7.13. The number of hydrogen-bond acceptors (Lipinski definition) is 2. The predicted octanol–water partition coefficient (Wildman–Crippen LogP) is 6.15. The number of hydrogen-bond donors (Lipinski definition) is 0. The molecule has 0 aromatic rings. The van der Waals surface area contributed by atoms with Gasteiger partial charge in [0, 0.05) is 72.1 Å². The molecule has 1 radical (unpaired) electrons. The van der Waals surface area contributed by atoms with Crippen LogP contribution >= 0.6 is 62.2 Å². The minimum absolute atomic E-state index is 0. The standard InChI is InChI=1S/2C7H15Cl2NP.2CH3.Au/c2*1-11(2)7-10(5-3-8)6-4-9;;;/h2*1,3-7H2,2H3;2*1H3;/q4*-1;. The number of halogens is 4. The van der Waals surface area contributed by atoms with E-state index in [1.54, 1.807) is 0 Å². The van der Waals surface area contributed by atoms with E-state index in [-0.39, 0.29) is 53.1 Å². The van der Waals surface area contributed by atoms with Crippen LogP contribution in [-0.2, 0) is 22.4 Å². The second kappa shape index (κ2) is 28.9. The van der Waals surface area contributed by atoms with Gasteiger partial charge in [0.05, 0.1) is 0 Å². The zero-order chi connectivity index (χ0) is 17.4. The zero-order valence-electron chi connectivity index (χ0n) is 16.1. The van der Waals surface area contributed by atoms with Crippen molar-refractivity contribution in [2.75, 3.05) is 75.6 Å². The van der Waals surface area contributed by atoms with Gasteiger partial charge in [-0.15, -0.1) is 46.4 Å². The van der Waals surface area contributed by atoms with E-state index in [1.165, 1.54) is 0 Å². The Morgan fingerprint density at radius 1 is 0.640 bits per heavy atom. The van der Waals surface area contributed by atoms with Gasteiger partial charge in [-0.25, -0.2) is 0 Å². The van der Waals surface area contributed by atoms with Gasteiger partial charge in [-0.1, -0.05) is 13.3 Å². The van der Waals surface area contributed by atoms with Crippen LogP contribution in [0.5, 0.6) is 0 Å². The summed E-state index contributed by atoms with van der Waals surface area (Å²) in [6, 6.07) is 0. The molecular weight excluding hydrogens is 621 g/mol. The smallest absolute Gasteiger partial charge is 0.0351 e. The van der Waals surface area contributed by atoms with E-state index < -0.39 is 0 Å². The van der Waals surface area contributed by atoms with E-state index >= 15 is 0 Å². The van der Waals surface area contributed by atoms with E-state index in [4.69, 9.17) is 46.4 Å². The van der Waals surface area contributed by atoms with Crippen LogP contribution < -0.4 is 0 Å². The second-order valence-corrected chi connectivity index (χ2v) is 10.5. The fraction of sp³-hybridized carbons (Fsp3) is 0.750. The monoisotopic (exact) mass is 655 g/mol. The molecule has 0 aromatic heterocycles. The summed E-state index contributed by atoms with van der Waals surface area (Å²) in [6.07, 6.45) is 2.10. The summed E-state index contributed by atoms with van der Waals surface area (Å²) in [5.41, 5.74) is 0. The van der Waals surface area contributed by atoms with Gasteiger partial charge in [-0.05, 0) is 12.6 Å². The van der Waals surface area contributed by atoms with Crippen molar-refractivity contribution in [3.63, 3.8) is 0 Å². The molecule has 0 saturated carbocycles. The van der Waals surface area contributed by atoms with Crippen LogP contribution in [0.1, 0.15) is 0 Å². The van der Waals surface area contributed by atoms with Crippen LogP contribution in [0.3, 0.4) is 0 Å². The van der Waals surface area contributed by atoms with Crippen LogP contribution in [0.25, 0.3) is 0 Å². The topological polar surface area (TPSA) is 6.48 Å². The minimum atomic E-state index is -0.104. The summed E-state index contributed by atoms with van der Waals surface area (Å²) in [7, 11) is -0.209. The molecule has 163 valence electrons. The van der Waals surface area contributed by atoms with Gasteiger partial charge in [0.25, 0.3) is 0 Å². The molecule has 0 aliphatic carbocycles. The van der Waals surface area contributed by atoms with Crippen molar-refractivity contribution in [2.24, 2.45) is 0 Å². The van der Waals surface area contributed by atoms with Crippen LogP contribution in [0, 0.1) is 28.2 Å². The summed E-state index contributed by atoms with van der Waals surface area (Å²) in [5, 5.41) is 0. The molecule has 0 aliphatic heterocycles. The summed E-state index contributed by atoms with van der Waals surface area (Å²) in [4.78, 5) is 4.53. The Bertz CT molecular complexity index is 198. The maximum atomic E-state index is 5.62. The second-order valence-electron chi connectivity index (χ2n) is 4.99. The summed E-state index contributed by atoms with van der Waals surface area (Å²) >= 11 is 22.5. The molecule has 0 amide bonds. The molecular formula is C16H36AuCl4N2P2-4. The van der Waals surface area contributed by atoms with Crippen molar-refractivity contribution in [2.45, 2.75) is 0 Å². The summed E-state index contributed by atoms with van der Waals surface area (Å²) in [6.45, 7) is 16.0. The maximum absolute atomic E-state index is 5.62. The quantitative estimate of drug-likeness (QED) is 0.108. The SMILES string of the molecule is [Au].[CH2-]P(C)CN(CCCl)CCCl.[CH2-]P(C)CN(CCCl)CCCl.[CH3-].[CH3-]. The largest absolute Gasteiger partial charge is 0.358 e. The van der Waals surface area contributed by atoms with Crippen molar-refractivity contribution < 1.29 is 22.4 Å². The molecule has 0 aliphatic rings. The van der Waals surface area contributed by atoms with E-state index in [0.717, 1.165) is 38.8 Å². The Morgan fingerprint density at radius 3 is 0.960 bits per heavy atom. The molecule has 0 spiro atoms. The van der Waals surface area contributed by atoms with Crippen LogP contribution in [0.2, 0.25) is 0 Å².